The molecule has 0 saturated heterocycles. The highest BCUT2D eigenvalue weighted by atomic mass is 35.5. The topological polar surface area (TPSA) is 87.4 Å². The predicted molar refractivity (Wildman–Crippen MR) is 115 cm³/mol. The van der Waals surface area contributed by atoms with Crippen molar-refractivity contribution in [3.05, 3.63) is 45.1 Å². The highest BCUT2D eigenvalue weighted by Crippen LogP contribution is 2.36. The molecule has 8 nitrogen and oxygen atoms in total. The van der Waals surface area contributed by atoms with E-state index in [-0.39, 0.29) is 11.6 Å². The van der Waals surface area contributed by atoms with Gasteiger partial charge in [0.05, 0.1) is 18.7 Å². The number of benzene rings is 1. The van der Waals surface area contributed by atoms with Crippen molar-refractivity contribution in [3.8, 4) is 11.5 Å². The SMILES string of the molecule is CCOc1cc(/C=C/C(=O)NCCCn2nc3n(c2=O)CCCC3)cc(Cl)c1OC. The minimum absolute atomic E-state index is 0.0580. The molecule has 1 aromatic heterocycles. The molecule has 0 spiro atoms. The number of aromatic nitrogens is 3. The summed E-state index contributed by atoms with van der Waals surface area (Å²) in [6.45, 7) is 4.02. The van der Waals surface area contributed by atoms with Gasteiger partial charge in [-0.15, -0.1) is 0 Å². The maximum atomic E-state index is 12.3. The smallest absolute Gasteiger partial charge is 0.345 e. The predicted octanol–water partition coefficient (Wildman–Crippen LogP) is 2.66. The zero-order valence-corrected chi connectivity index (χ0v) is 18.1. The molecular formula is C21H27ClN4O4. The van der Waals surface area contributed by atoms with E-state index in [0.29, 0.717) is 42.6 Å². The van der Waals surface area contributed by atoms with E-state index < -0.39 is 0 Å². The molecule has 0 saturated carbocycles. The summed E-state index contributed by atoms with van der Waals surface area (Å²) in [5.74, 6) is 1.64. The molecular weight excluding hydrogens is 408 g/mol. The zero-order valence-electron chi connectivity index (χ0n) is 17.3. The number of methoxy groups -OCH3 is 1. The molecule has 0 aliphatic carbocycles. The third-order valence-electron chi connectivity index (χ3n) is 4.84. The van der Waals surface area contributed by atoms with E-state index in [0.717, 1.165) is 37.2 Å². The van der Waals surface area contributed by atoms with Gasteiger partial charge in [-0.1, -0.05) is 11.6 Å². The van der Waals surface area contributed by atoms with Gasteiger partial charge < -0.3 is 14.8 Å². The second-order valence-corrected chi connectivity index (χ2v) is 7.38. The monoisotopic (exact) mass is 434 g/mol. The van der Waals surface area contributed by atoms with Gasteiger partial charge in [-0.25, -0.2) is 9.48 Å². The lowest BCUT2D eigenvalue weighted by Gasteiger charge is -2.11. The number of nitrogens with zero attached hydrogens (tertiary/aromatic N) is 3. The van der Waals surface area contributed by atoms with Gasteiger partial charge in [-0.05, 0) is 50.0 Å². The first-order valence-corrected chi connectivity index (χ1v) is 10.5. The highest BCUT2D eigenvalue weighted by molar-refractivity contribution is 6.32. The first kappa shape index (κ1) is 22.0. The number of fused-ring (bicyclic) bond motifs is 1. The molecule has 0 radical (unpaired) electrons. The fourth-order valence-electron chi connectivity index (χ4n) is 3.41. The number of carbonyl (C=O) groups excluding carboxylic acids is 1. The average Bonchev–Trinajstić information content (AvgIpc) is 3.06. The Kier molecular flexibility index (Phi) is 7.57. The molecule has 1 N–H and O–H groups in total. The molecule has 0 fully saturated rings. The quantitative estimate of drug-likeness (QED) is 0.484. The van der Waals surface area contributed by atoms with E-state index in [2.05, 4.69) is 10.4 Å². The van der Waals surface area contributed by atoms with Crippen LogP contribution in [0.4, 0.5) is 0 Å². The lowest BCUT2D eigenvalue weighted by Crippen LogP contribution is -2.28. The molecule has 1 amide bonds. The number of hydrogen-bond donors (Lipinski definition) is 1. The van der Waals surface area contributed by atoms with Gasteiger partial charge in [0.15, 0.2) is 11.5 Å². The summed E-state index contributed by atoms with van der Waals surface area (Å²) >= 11 is 6.22. The molecule has 30 heavy (non-hydrogen) atoms. The zero-order chi connectivity index (χ0) is 21.5. The van der Waals surface area contributed by atoms with Crippen molar-refractivity contribution >= 4 is 23.6 Å². The number of halogens is 1. The molecule has 1 aromatic carbocycles. The lowest BCUT2D eigenvalue weighted by atomic mass is 10.2. The third-order valence-corrected chi connectivity index (χ3v) is 5.12. The van der Waals surface area contributed by atoms with Crippen molar-refractivity contribution < 1.29 is 14.3 Å². The first-order chi connectivity index (χ1) is 14.5. The van der Waals surface area contributed by atoms with Gasteiger partial charge in [-0.3, -0.25) is 9.36 Å². The summed E-state index contributed by atoms with van der Waals surface area (Å²) in [6.07, 6.45) is 6.67. The van der Waals surface area contributed by atoms with E-state index in [1.807, 2.05) is 6.92 Å². The number of aryl methyl sites for hydroxylation is 2. The number of carbonyl (C=O) groups is 1. The molecule has 2 aromatic rings. The van der Waals surface area contributed by atoms with Crippen LogP contribution in [0.2, 0.25) is 5.02 Å². The molecule has 1 aliphatic rings. The van der Waals surface area contributed by atoms with Crippen LogP contribution in [0.3, 0.4) is 0 Å². The van der Waals surface area contributed by atoms with Crippen LogP contribution < -0.4 is 20.5 Å². The van der Waals surface area contributed by atoms with Crippen molar-refractivity contribution in [1.82, 2.24) is 19.7 Å². The second kappa shape index (κ2) is 10.3. The van der Waals surface area contributed by atoms with E-state index >= 15 is 0 Å². The van der Waals surface area contributed by atoms with Gasteiger partial charge in [0, 0.05) is 32.1 Å². The summed E-state index contributed by atoms with van der Waals surface area (Å²) in [7, 11) is 1.53. The van der Waals surface area contributed by atoms with Gasteiger partial charge >= 0.3 is 5.69 Å². The molecule has 3 rings (SSSR count). The van der Waals surface area contributed by atoms with Gasteiger partial charge in [-0.2, -0.15) is 5.10 Å². The fraction of sp³-hybridized carbons (Fsp3) is 0.476. The first-order valence-electron chi connectivity index (χ1n) is 10.2. The number of hydrogen-bond acceptors (Lipinski definition) is 5. The molecule has 0 atom stereocenters. The van der Waals surface area contributed by atoms with Crippen LogP contribution in [-0.4, -0.2) is 40.5 Å². The van der Waals surface area contributed by atoms with Crippen LogP contribution in [-0.2, 0) is 24.3 Å². The Bertz CT molecular complexity index is 980. The molecule has 0 bridgehead atoms. The minimum atomic E-state index is -0.226. The van der Waals surface area contributed by atoms with E-state index in [4.69, 9.17) is 21.1 Å². The molecule has 9 heteroatoms. The third kappa shape index (κ3) is 5.24. The van der Waals surface area contributed by atoms with E-state index in [1.54, 1.807) is 22.8 Å². The number of amides is 1. The number of nitrogens with one attached hydrogen (secondary N) is 1. The maximum absolute atomic E-state index is 12.3. The minimum Gasteiger partial charge on any atom is -0.491 e. The van der Waals surface area contributed by atoms with Crippen LogP contribution in [0, 0.1) is 0 Å². The Morgan fingerprint density at radius 3 is 2.93 bits per heavy atom. The van der Waals surface area contributed by atoms with Crippen molar-refractivity contribution in [1.29, 1.82) is 0 Å². The van der Waals surface area contributed by atoms with Crippen molar-refractivity contribution in [3.63, 3.8) is 0 Å². The van der Waals surface area contributed by atoms with Crippen molar-refractivity contribution in [2.75, 3.05) is 20.3 Å². The van der Waals surface area contributed by atoms with Crippen LogP contribution in [0.15, 0.2) is 23.0 Å². The van der Waals surface area contributed by atoms with E-state index in [9.17, 15) is 9.59 Å². The standard InChI is InChI=1S/C21H27ClN4O4/c1-3-30-17-14-15(13-16(22)20(17)29-2)8-9-19(27)23-10-6-12-26-21(28)25-11-5-4-7-18(25)24-26/h8-9,13-14H,3-7,10-12H2,1-2H3,(H,23,27)/b9-8+. The largest absolute Gasteiger partial charge is 0.491 e. The fourth-order valence-corrected chi connectivity index (χ4v) is 3.71. The van der Waals surface area contributed by atoms with Crippen LogP contribution in [0.25, 0.3) is 6.08 Å². The van der Waals surface area contributed by atoms with E-state index in [1.165, 1.54) is 17.9 Å². The Morgan fingerprint density at radius 1 is 1.37 bits per heavy atom. The molecule has 0 unspecified atom stereocenters. The Hall–Kier alpha value is -2.74. The highest BCUT2D eigenvalue weighted by Gasteiger charge is 2.16. The van der Waals surface area contributed by atoms with Gasteiger partial charge in [0.25, 0.3) is 0 Å². The van der Waals surface area contributed by atoms with Crippen LogP contribution >= 0.6 is 11.6 Å². The van der Waals surface area contributed by atoms with Crippen LogP contribution in [0.1, 0.15) is 37.6 Å². The van der Waals surface area contributed by atoms with Gasteiger partial charge in [0.1, 0.15) is 5.82 Å². The van der Waals surface area contributed by atoms with Crippen molar-refractivity contribution in [2.24, 2.45) is 0 Å². The summed E-state index contributed by atoms with van der Waals surface area (Å²) in [6, 6.07) is 3.48. The molecule has 162 valence electrons. The van der Waals surface area contributed by atoms with Crippen LogP contribution in [0.5, 0.6) is 11.5 Å². The molecule has 1 aliphatic heterocycles. The molecule has 2 heterocycles. The summed E-state index contributed by atoms with van der Waals surface area (Å²) in [4.78, 5) is 24.4. The second-order valence-electron chi connectivity index (χ2n) is 6.98. The Morgan fingerprint density at radius 2 is 2.20 bits per heavy atom. The summed E-state index contributed by atoms with van der Waals surface area (Å²) < 4.78 is 14.0. The number of rotatable bonds is 9. The normalized spacial score (nSPS) is 13.3. The van der Waals surface area contributed by atoms with Crippen molar-refractivity contribution in [2.45, 2.75) is 45.7 Å². The number of ether oxygens (including phenoxy) is 2. The maximum Gasteiger partial charge on any atom is 0.345 e. The Labute approximate surface area is 180 Å². The summed E-state index contributed by atoms with van der Waals surface area (Å²) in [5.41, 5.74) is 0.673. The van der Waals surface area contributed by atoms with Gasteiger partial charge in [0.2, 0.25) is 5.91 Å². The average molecular weight is 435 g/mol. The lowest BCUT2D eigenvalue weighted by molar-refractivity contribution is -0.116. The Balaban J connectivity index is 1.51. The summed E-state index contributed by atoms with van der Waals surface area (Å²) in [5, 5.41) is 7.62.